The third-order valence-corrected chi connectivity index (χ3v) is 5.09. The molecule has 1 aliphatic heterocycles. The summed E-state index contributed by atoms with van der Waals surface area (Å²) in [6.07, 6.45) is -1.21. The van der Waals surface area contributed by atoms with Crippen molar-refractivity contribution < 1.29 is 38.3 Å². The van der Waals surface area contributed by atoms with Gasteiger partial charge in [0, 0.05) is 0 Å². The van der Waals surface area contributed by atoms with Crippen LogP contribution < -0.4 is 18.9 Å². The van der Waals surface area contributed by atoms with Crippen LogP contribution in [0.3, 0.4) is 0 Å². The van der Waals surface area contributed by atoms with Crippen LogP contribution in [0.25, 0.3) is 0 Å². The molecular formula is C22H26O8. The SMILES string of the molecule is COc1ccc(C(=O)OC[C@H]2[C@@H](O)CO[C@H]2c2ccc(OC)c(OC)c2)cc1OC. The van der Waals surface area contributed by atoms with Gasteiger partial charge in [-0.25, -0.2) is 4.79 Å². The Morgan fingerprint density at radius 1 is 0.933 bits per heavy atom. The van der Waals surface area contributed by atoms with Crippen molar-refractivity contribution in [3.05, 3.63) is 47.5 Å². The topological polar surface area (TPSA) is 92.7 Å². The van der Waals surface area contributed by atoms with E-state index in [1.807, 2.05) is 6.07 Å². The second kappa shape index (κ2) is 9.69. The fourth-order valence-corrected chi connectivity index (χ4v) is 3.44. The molecule has 0 aromatic heterocycles. The average molecular weight is 418 g/mol. The first-order valence-electron chi connectivity index (χ1n) is 9.43. The zero-order valence-electron chi connectivity index (χ0n) is 17.4. The average Bonchev–Trinajstić information content (AvgIpc) is 3.16. The summed E-state index contributed by atoms with van der Waals surface area (Å²) in [6.45, 7) is 0.144. The minimum atomic E-state index is -0.763. The zero-order chi connectivity index (χ0) is 21.7. The van der Waals surface area contributed by atoms with Crippen molar-refractivity contribution in [1.29, 1.82) is 0 Å². The molecule has 1 N–H and O–H groups in total. The van der Waals surface area contributed by atoms with E-state index in [-0.39, 0.29) is 13.2 Å². The molecule has 2 aromatic carbocycles. The highest BCUT2D eigenvalue weighted by atomic mass is 16.5. The van der Waals surface area contributed by atoms with Gasteiger partial charge in [-0.1, -0.05) is 6.07 Å². The van der Waals surface area contributed by atoms with Crippen LogP contribution in [0.1, 0.15) is 22.0 Å². The number of aliphatic hydroxyl groups excluding tert-OH is 1. The quantitative estimate of drug-likeness (QED) is 0.654. The molecule has 1 fully saturated rings. The van der Waals surface area contributed by atoms with Crippen LogP contribution in [0.2, 0.25) is 0 Å². The molecule has 1 aliphatic rings. The van der Waals surface area contributed by atoms with Crippen molar-refractivity contribution >= 4 is 5.97 Å². The maximum absolute atomic E-state index is 12.5. The van der Waals surface area contributed by atoms with Crippen molar-refractivity contribution in [1.82, 2.24) is 0 Å². The Hall–Kier alpha value is -2.97. The standard InChI is InChI=1S/C22H26O8/c1-25-17-7-5-13(9-19(17)27-3)21-15(16(23)12-29-21)11-30-22(24)14-6-8-18(26-2)20(10-14)28-4/h5-10,15-16,21,23H,11-12H2,1-4H3/t15-,16-,21-/m0/s1. The zero-order valence-corrected chi connectivity index (χ0v) is 17.4. The number of hydrogen-bond acceptors (Lipinski definition) is 8. The fourth-order valence-electron chi connectivity index (χ4n) is 3.44. The molecule has 0 unspecified atom stereocenters. The van der Waals surface area contributed by atoms with Gasteiger partial charge in [-0.3, -0.25) is 0 Å². The number of aliphatic hydroxyl groups is 1. The van der Waals surface area contributed by atoms with Crippen molar-refractivity contribution in [2.75, 3.05) is 41.7 Å². The first kappa shape index (κ1) is 21.7. The number of methoxy groups -OCH3 is 4. The molecule has 8 heteroatoms. The predicted octanol–water partition coefficient (Wildman–Crippen LogP) is 2.63. The molecule has 0 aliphatic carbocycles. The summed E-state index contributed by atoms with van der Waals surface area (Å²) in [5.74, 6) is 1.15. The largest absolute Gasteiger partial charge is 0.493 e. The van der Waals surface area contributed by atoms with E-state index in [0.717, 1.165) is 5.56 Å². The highest BCUT2D eigenvalue weighted by Crippen LogP contribution is 2.39. The summed E-state index contributed by atoms with van der Waals surface area (Å²) in [5.41, 5.74) is 1.13. The summed E-state index contributed by atoms with van der Waals surface area (Å²) in [4.78, 5) is 12.5. The maximum atomic E-state index is 12.5. The number of carbonyl (C=O) groups is 1. The van der Waals surface area contributed by atoms with Crippen molar-refractivity contribution in [3.8, 4) is 23.0 Å². The van der Waals surface area contributed by atoms with Gasteiger partial charge in [0.1, 0.15) is 0 Å². The first-order valence-corrected chi connectivity index (χ1v) is 9.43. The number of carbonyl (C=O) groups excluding carboxylic acids is 1. The minimum Gasteiger partial charge on any atom is -0.493 e. The van der Waals surface area contributed by atoms with Crippen molar-refractivity contribution in [3.63, 3.8) is 0 Å². The Bertz CT molecular complexity index is 881. The van der Waals surface area contributed by atoms with Gasteiger partial charge in [-0.2, -0.15) is 0 Å². The fraction of sp³-hybridized carbons (Fsp3) is 0.409. The van der Waals surface area contributed by atoms with E-state index in [2.05, 4.69) is 0 Å². The molecule has 0 radical (unpaired) electrons. The highest BCUT2D eigenvalue weighted by Gasteiger charge is 2.38. The van der Waals surface area contributed by atoms with Crippen LogP contribution >= 0.6 is 0 Å². The van der Waals surface area contributed by atoms with Crippen LogP contribution in [0, 0.1) is 5.92 Å². The molecule has 8 nitrogen and oxygen atoms in total. The molecule has 3 atom stereocenters. The summed E-state index contributed by atoms with van der Waals surface area (Å²) < 4.78 is 32.3. The Kier molecular flexibility index (Phi) is 7.02. The number of benzene rings is 2. The highest BCUT2D eigenvalue weighted by molar-refractivity contribution is 5.90. The lowest BCUT2D eigenvalue weighted by atomic mass is 9.94. The van der Waals surface area contributed by atoms with Crippen molar-refractivity contribution in [2.45, 2.75) is 12.2 Å². The van der Waals surface area contributed by atoms with E-state index in [4.69, 9.17) is 28.4 Å². The molecule has 0 spiro atoms. The monoisotopic (exact) mass is 418 g/mol. The lowest BCUT2D eigenvalue weighted by Gasteiger charge is -2.21. The van der Waals surface area contributed by atoms with Crippen molar-refractivity contribution in [2.24, 2.45) is 5.92 Å². The van der Waals surface area contributed by atoms with Crippen LogP contribution in [0.15, 0.2) is 36.4 Å². The third-order valence-electron chi connectivity index (χ3n) is 5.09. The van der Waals surface area contributed by atoms with E-state index >= 15 is 0 Å². The Balaban J connectivity index is 1.72. The summed E-state index contributed by atoms with van der Waals surface area (Å²) >= 11 is 0. The smallest absolute Gasteiger partial charge is 0.338 e. The molecule has 1 saturated heterocycles. The molecule has 0 amide bonds. The van der Waals surface area contributed by atoms with Crippen LogP contribution in [-0.2, 0) is 9.47 Å². The van der Waals surface area contributed by atoms with Crippen LogP contribution in [0.4, 0.5) is 0 Å². The lowest BCUT2D eigenvalue weighted by Crippen LogP contribution is -2.26. The van der Waals surface area contributed by atoms with E-state index in [0.29, 0.717) is 28.6 Å². The number of esters is 1. The second-order valence-electron chi connectivity index (χ2n) is 6.77. The maximum Gasteiger partial charge on any atom is 0.338 e. The van der Waals surface area contributed by atoms with Crippen LogP contribution in [0.5, 0.6) is 23.0 Å². The van der Waals surface area contributed by atoms with Gasteiger partial charge in [0.25, 0.3) is 0 Å². The van der Waals surface area contributed by atoms with Gasteiger partial charge in [-0.15, -0.1) is 0 Å². The normalized spacial score (nSPS) is 20.5. The molecule has 0 bridgehead atoms. The van der Waals surface area contributed by atoms with E-state index in [9.17, 15) is 9.90 Å². The number of ether oxygens (including phenoxy) is 6. The molecule has 3 rings (SSSR count). The van der Waals surface area contributed by atoms with Gasteiger partial charge < -0.3 is 33.5 Å². The Labute approximate surface area is 175 Å². The number of rotatable bonds is 8. The number of hydrogen-bond donors (Lipinski definition) is 1. The third kappa shape index (κ3) is 4.44. The van der Waals surface area contributed by atoms with Crippen LogP contribution in [-0.4, -0.2) is 58.8 Å². The molecule has 2 aromatic rings. The van der Waals surface area contributed by atoms with E-state index < -0.39 is 24.1 Å². The van der Waals surface area contributed by atoms with Gasteiger partial charge in [0.15, 0.2) is 23.0 Å². The molecule has 1 heterocycles. The molecule has 0 saturated carbocycles. The molecular weight excluding hydrogens is 392 g/mol. The summed E-state index contributed by atoms with van der Waals surface area (Å²) in [5, 5.41) is 10.4. The molecule has 30 heavy (non-hydrogen) atoms. The lowest BCUT2D eigenvalue weighted by molar-refractivity contribution is 0.0235. The predicted molar refractivity (Wildman–Crippen MR) is 108 cm³/mol. The van der Waals surface area contributed by atoms with Gasteiger partial charge >= 0.3 is 5.97 Å². The molecule has 162 valence electrons. The summed E-state index contributed by atoms with van der Waals surface area (Å²) in [6, 6.07) is 10.2. The Morgan fingerprint density at radius 2 is 1.53 bits per heavy atom. The minimum absolute atomic E-state index is 0.00659. The summed E-state index contributed by atoms with van der Waals surface area (Å²) in [7, 11) is 6.12. The second-order valence-corrected chi connectivity index (χ2v) is 6.77. The van der Waals surface area contributed by atoms with E-state index in [1.165, 1.54) is 14.2 Å². The van der Waals surface area contributed by atoms with E-state index in [1.54, 1.807) is 44.6 Å². The van der Waals surface area contributed by atoms with Gasteiger partial charge in [0.05, 0.1) is 65.3 Å². The van der Waals surface area contributed by atoms with Gasteiger partial charge in [-0.05, 0) is 35.9 Å². The first-order chi connectivity index (χ1) is 14.5. The Morgan fingerprint density at radius 3 is 2.17 bits per heavy atom. The van der Waals surface area contributed by atoms with Gasteiger partial charge in [0.2, 0.25) is 0 Å².